The topological polar surface area (TPSA) is 79.4 Å². The van der Waals surface area contributed by atoms with Crippen molar-refractivity contribution in [2.75, 3.05) is 12.4 Å². The molecule has 1 N–H and O–H groups in total. The molecule has 5 heterocycles. The number of anilines is 1. The van der Waals surface area contributed by atoms with Gasteiger partial charge in [0, 0.05) is 52.7 Å². The predicted octanol–water partition coefficient (Wildman–Crippen LogP) is 10.6. The number of hydrogen-bond acceptors (Lipinski definition) is 7. The summed E-state index contributed by atoms with van der Waals surface area (Å²) < 4.78 is 5.59. The van der Waals surface area contributed by atoms with Gasteiger partial charge in [-0.05, 0) is 90.0 Å². The van der Waals surface area contributed by atoms with E-state index in [9.17, 15) is 0 Å². The molecule has 2 aromatic heterocycles. The molecule has 0 spiro atoms. The van der Waals surface area contributed by atoms with Gasteiger partial charge in [-0.1, -0.05) is 128 Å². The SMILES string of the molecule is CC1C2=C(c3cc(C4C=CC(C5(C)C=C(C6C=CCC(C)N6C)N=C(c6ccccn6)C5)=CC4)ccc3NC2c2ccccc2)c2nonc2C1c1ccccc1. The number of benzene rings is 3. The molecule has 57 heavy (non-hydrogen) atoms. The van der Waals surface area contributed by atoms with Crippen molar-refractivity contribution in [1.29, 1.82) is 0 Å². The Kier molecular flexibility index (Phi) is 8.86. The number of nitrogens with one attached hydrogen (secondary N) is 1. The minimum absolute atomic E-state index is 0.00789. The van der Waals surface area contributed by atoms with E-state index in [1.54, 1.807) is 0 Å². The van der Waals surface area contributed by atoms with Crippen LogP contribution in [0, 0.1) is 11.3 Å². The first-order valence-corrected chi connectivity index (χ1v) is 20.4. The van der Waals surface area contributed by atoms with Crippen LogP contribution in [0.25, 0.3) is 5.57 Å². The average Bonchev–Trinajstić information content (AvgIpc) is 3.74. The third kappa shape index (κ3) is 6.16. The Morgan fingerprint density at radius 2 is 1.63 bits per heavy atom. The van der Waals surface area contributed by atoms with Crippen LogP contribution in [0.15, 0.2) is 166 Å². The van der Waals surface area contributed by atoms with Gasteiger partial charge in [0.1, 0.15) is 11.4 Å². The molecule has 7 nitrogen and oxygen atoms in total. The zero-order chi connectivity index (χ0) is 38.7. The van der Waals surface area contributed by atoms with E-state index in [1.165, 1.54) is 27.8 Å². The van der Waals surface area contributed by atoms with Crippen molar-refractivity contribution < 1.29 is 4.63 Å². The number of pyridine rings is 1. The summed E-state index contributed by atoms with van der Waals surface area (Å²) in [4.78, 5) is 12.5. The van der Waals surface area contributed by atoms with Crippen LogP contribution >= 0.6 is 0 Å². The van der Waals surface area contributed by atoms with Crippen molar-refractivity contribution >= 4 is 17.0 Å². The van der Waals surface area contributed by atoms with Crippen molar-refractivity contribution in [3.8, 4) is 0 Å². The fraction of sp³-hybridized carbons (Fsp3) is 0.280. The Balaban J connectivity index is 1.00. The second-order valence-electron chi connectivity index (χ2n) is 16.7. The quantitative estimate of drug-likeness (QED) is 0.174. The van der Waals surface area contributed by atoms with Gasteiger partial charge in [-0.3, -0.25) is 14.9 Å². The van der Waals surface area contributed by atoms with Gasteiger partial charge in [-0.15, -0.1) is 0 Å². The number of nitrogens with zero attached hydrogens (tertiary/aromatic N) is 5. The molecule has 0 bridgehead atoms. The molecule has 2 aliphatic carbocycles. The summed E-state index contributed by atoms with van der Waals surface area (Å²) in [6, 6.07) is 35.1. The van der Waals surface area contributed by atoms with Crippen molar-refractivity contribution in [2.24, 2.45) is 16.3 Å². The number of aliphatic imine (C=N–C) groups is 1. The first-order chi connectivity index (χ1) is 27.9. The highest BCUT2D eigenvalue weighted by molar-refractivity contribution is 6.01. The summed E-state index contributed by atoms with van der Waals surface area (Å²) in [6.07, 6.45) is 18.9. The van der Waals surface area contributed by atoms with Crippen LogP contribution in [0.4, 0.5) is 5.69 Å². The van der Waals surface area contributed by atoms with Crippen molar-refractivity contribution in [3.63, 3.8) is 0 Å². The first-order valence-electron chi connectivity index (χ1n) is 20.4. The van der Waals surface area contributed by atoms with E-state index < -0.39 is 0 Å². The lowest BCUT2D eigenvalue weighted by atomic mass is 9.67. The number of allylic oxidation sites excluding steroid dienone is 5. The molecule has 10 rings (SSSR count). The molecule has 5 aliphatic rings. The van der Waals surface area contributed by atoms with Crippen LogP contribution in [0.1, 0.15) is 97.2 Å². The maximum atomic E-state index is 5.59. The number of fused-ring (bicyclic) bond motifs is 4. The van der Waals surface area contributed by atoms with Gasteiger partial charge >= 0.3 is 0 Å². The monoisotopic (exact) mass is 748 g/mol. The highest BCUT2D eigenvalue weighted by Gasteiger charge is 2.44. The zero-order valence-electron chi connectivity index (χ0n) is 33.0. The molecule has 0 saturated heterocycles. The normalized spacial score (nSPS) is 28.0. The van der Waals surface area contributed by atoms with E-state index in [2.05, 4.69) is 176 Å². The molecule has 7 heteroatoms. The van der Waals surface area contributed by atoms with E-state index in [0.717, 1.165) is 64.6 Å². The summed E-state index contributed by atoms with van der Waals surface area (Å²) in [6.45, 7) is 7.00. The van der Waals surface area contributed by atoms with E-state index in [0.29, 0.717) is 6.04 Å². The zero-order valence-corrected chi connectivity index (χ0v) is 33.0. The summed E-state index contributed by atoms with van der Waals surface area (Å²) in [7, 11) is 2.22. The standard InChI is InChI=1S/C50H48N6O/c1-31-14-13-20-43(56(31)4)42-30-50(3,29-41(52-42)40-19-11-12-27-51-40)37-24-21-33(22-25-37)36-23-26-39-38(28-36)46-45(47(53-39)35-17-9-6-10-18-35)32(2)44(34-15-7-5-8-16-34)48-49(46)55-57-54-48/h5-13,15-21,23-28,30-33,43-44,47,53H,14,22,29H2,1-4H3. The van der Waals surface area contributed by atoms with Gasteiger partial charge in [0.15, 0.2) is 0 Å². The minimum Gasteiger partial charge on any atom is -0.374 e. The number of hydrogen-bond donors (Lipinski definition) is 1. The van der Waals surface area contributed by atoms with Crippen LogP contribution in [0.2, 0.25) is 0 Å². The van der Waals surface area contributed by atoms with Crippen LogP contribution in [0.3, 0.4) is 0 Å². The van der Waals surface area contributed by atoms with E-state index >= 15 is 0 Å². The van der Waals surface area contributed by atoms with Gasteiger partial charge in [0.25, 0.3) is 0 Å². The molecule has 0 fully saturated rings. The lowest BCUT2D eigenvalue weighted by Gasteiger charge is -2.41. The number of rotatable bonds is 6. The first kappa shape index (κ1) is 35.5. The molecular weight excluding hydrogens is 701 g/mol. The fourth-order valence-corrected chi connectivity index (χ4v) is 9.97. The molecule has 284 valence electrons. The summed E-state index contributed by atoms with van der Waals surface area (Å²) >= 11 is 0. The summed E-state index contributed by atoms with van der Waals surface area (Å²) in [5.74, 6) is 0.415. The summed E-state index contributed by atoms with van der Waals surface area (Å²) in [5, 5.41) is 13.2. The smallest absolute Gasteiger partial charge is 0.139 e. The Hall–Kier alpha value is -5.92. The molecule has 0 amide bonds. The predicted molar refractivity (Wildman–Crippen MR) is 228 cm³/mol. The largest absolute Gasteiger partial charge is 0.374 e. The van der Waals surface area contributed by atoms with Crippen LogP contribution in [0.5, 0.6) is 0 Å². The van der Waals surface area contributed by atoms with Gasteiger partial charge in [0.05, 0.1) is 29.2 Å². The van der Waals surface area contributed by atoms with Gasteiger partial charge in [-0.25, -0.2) is 4.63 Å². The third-order valence-electron chi connectivity index (χ3n) is 13.2. The number of aromatic nitrogens is 3. The van der Waals surface area contributed by atoms with Gasteiger partial charge in [-0.2, -0.15) is 0 Å². The fourth-order valence-electron chi connectivity index (χ4n) is 9.97. The highest BCUT2D eigenvalue weighted by atomic mass is 16.6. The van der Waals surface area contributed by atoms with Crippen LogP contribution < -0.4 is 5.32 Å². The van der Waals surface area contributed by atoms with Crippen molar-refractivity contribution in [3.05, 3.63) is 196 Å². The van der Waals surface area contributed by atoms with Gasteiger partial charge in [0.2, 0.25) is 0 Å². The highest BCUT2D eigenvalue weighted by Crippen LogP contribution is 2.55. The van der Waals surface area contributed by atoms with Gasteiger partial charge < -0.3 is 5.32 Å². The molecular formula is C50H48N6O. The number of likely N-dealkylation sites (N-methyl/N-ethyl adjacent to an activating group) is 1. The molecule has 3 aromatic carbocycles. The second kappa shape index (κ2) is 14.2. The second-order valence-corrected chi connectivity index (χ2v) is 16.7. The van der Waals surface area contributed by atoms with E-state index in [4.69, 9.17) is 14.6 Å². The Morgan fingerprint density at radius 3 is 2.39 bits per heavy atom. The maximum Gasteiger partial charge on any atom is 0.139 e. The Labute approximate surface area is 335 Å². The molecule has 0 saturated carbocycles. The molecule has 7 atom stereocenters. The molecule has 0 radical (unpaired) electrons. The Bertz CT molecular complexity index is 2510. The van der Waals surface area contributed by atoms with Crippen molar-refractivity contribution in [2.45, 2.75) is 70.0 Å². The van der Waals surface area contributed by atoms with E-state index in [-0.39, 0.29) is 35.3 Å². The molecule has 3 aliphatic heterocycles. The van der Waals surface area contributed by atoms with Crippen LogP contribution in [-0.2, 0) is 0 Å². The maximum absolute atomic E-state index is 5.59. The third-order valence-corrected chi connectivity index (χ3v) is 13.2. The lowest BCUT2D eigenvalue weighted by molar-refractivity contribution is 0.223. The minimum atomic E-state index is -0.226. The average molecular weight is 749 g/mol. The summed E-state index contributed by atoms with van der Waals surface area (Å²) in [5.41, 5.74) is 14.4. The lowest BCUT2D eigenvalue weighted by Crippen LogP contribution is -2.42. The van der Waals surface area contributed by atoms with Crippen LogP contribution in [-0.4, -0.2) is 45.0 Å². The van der Waals surface area contributed by atoms with Crippen molar-refractivity contribution in [1.82, 2.24) is 20.2 Å². The Morgan fingerprint density at radius 1 is 0.842 bits per heavy atom. The molecule has 5 aromatic rings. The molecule has 7 unspecified atom stereocenters. The van der Waals surface area contributed by atoms with E-state index in [1.807, 2.05) is 12.3 Å².